The summed E-state index contributed by atoms with van der Waals surface area (Å²) in [4.78, 5) is 38.7. The van der Waals surface area contributed by atoms with Crippen LogP contribution in [0.3, 0.4) is 0 Å². The van der Waals surface area contributed by atoms with Gasteiger partial charge in [-0.1, -0.05) is 27.7 Å². The van der Waals surface area contributed by atoms with Gasteiger partial charge in [0.25, 0.3) is 0 Å². The highest BCUT2D eigenvalue weighted by Gasteiger charge is 2.29. The summed E-state index contributed by atoms with van der Waals surface area (Å²) in [6.07, 6.45) is 2.78. The van der Waals surface area contributed by atoms with Crippen molar-refractivity contribution in [3.05, 3.63) is 0 Å². The van der Waals surface area contributed by atoms with Crippen molar-refractivity contribution in [3.63, 3.8) is 0 Å². The first-order valence-electron chi connectivity index (χ1n) is 8.42. The number of amides is 3. The average molecular weight is 310 g/mol. The monoisotopic (exact) mass is 310 g/mol. The van der Waals surface area contributed by atoms with Crippen LogP contribution in [0.5, 0.6) is 0 Å². The van der Waals surface area contributed by atoms with Gasteiger partial charge in [0.2, 0.25) is 17.7 Å². The smallest absolute Gasteiger partial charge is 0.229 e. The minimum Gasteiger partial charge on any atom is -0.343 e. The van der Waals surface area contributed by atoms with E-state index >= 15 is 0 Å². The number of hydrogen-bond acceptors (Lipinski definition) is 3. The fourth-order valence-corrected chi connectivity index (χ4v) is 2.43. The van der Waals surface area contributed by atoms with Crippen LogP contribution in [0, 0.1) is 11.8 Å². The van der Waals surface area contributed by atoms with Crippen LogP contribution in [-0.4, -0.2) is 47.2 Å². The second-order valence-electron chi connectivity index (χ2n) is 6.93. The molecule has 0 saturated carbocycles. The second-order valence-corrected chi connectivity index (χ2v) is 6.93. The third kappa shape index (κ3) is 6.16. The molecule has 1 aliphatic heterocycles. The lowest BCUT2D eigenvalue weighted by Gasteiger charge is -2.25. The van der Waals surface area contributed by atoms with Crippen LogP contribution in [-0.2, 0) is 14.4 Å². The maximum Gasteiger partial charge on any atom is 0.229 e. The predicted molar refractivity (Wildman–Crippen MR) is 86.1 cm³/mol. The van der Waals surface area contributed by atoms with Gasteiger partial charge in [0.05, 0.1) is 0 Å². The van der Waals surface area contributed by atoms with Crippen molar-refractivity contribution in [2.75, 3.05) is 19.6 Å². The quantitative estimate of drug-likeness (QED) is 0.615. The van der Waals surface area contributed by atoms with Gasteiger partial charge in [0.1, 0.15) is 0 Å². The molecule has 1 saturated heterocycles. The van der Waals surface area contributed by atoms with Crippen LogP contribution < -0.4 is 0 Å². The average Bonchev–Trinajstić information content (AvgIpc) is 2.75. The summed E-state index contributed by atoms with van der Waals surface area (Å²) < 4.78 is 0. The molecule has 5 heteroatoms. The van der Waals surface area contributed by atoms with Crippen molar-refractivity contribution in [1.82, 2.24) is 9.80 Å². The van der Waals surface area contributed by atoms with E-state index in [1.165, 1.54) is 4.90 Å². The molecule has 0 atom stereocenters. The molecular weight excluding hydrogens is 280 g/mol. The number of likely N-dealkylation sites (tertiary alicyclic amines) is 1. The molecule has 0 N–H and O–H groups in total. The van der Waals surface area contributed by atoms with Crippen molar-refractivity contribution >= 4 is 17.7 Å². The van der Waals surface area contributed by atoms with Crippen LogP contribution in [0.1, 0.15) is 59.8 Å². The maximum atomic E-state index is 12.4. The Morgan fingerprint density at radius 3 is 1.86 bits per heavy atom. The Balaban J connectivity index is 2.50. The molecule has 0 bridgehead atoms. The Kier molecular flexibility index (Phi) is 7.56. The number of carbonyl (C=O) groups is 3. The van der Waals surface area contributed by atoms with Crippen LogP contribution >= 0.6 is 0 Å². The van der Waals surface area contributed by atoms with Crippen molar-refractivity contribution in [2.45, 2.75) is 59.8 Å². The van der Waals surface area contributed by atoms with Gasteiger partial charge in [-0.15, -0.1) is 0 Å². The molecule has 0 unspecified atom stereocenters. The summed E-state index contributed by atoms with van der Waals surface area (Å²) in [5, 5.41) is 0. The van der Waals surface area contributed by atoms with Crippen LogP contribution in [0.2, 0.25) is 0 Å². The number of rotatable bonds is 9. The molecule has 1 rings (SSSR count). The molecule has 22 heavy (non-hydrogen) atoms. The van der Waals surface area contributed by atoms with E-state index in [1.54, 1.807) is 0 Å². The fraction of sp³-hybridized carbons (Fsp3) is 0.824. The minimum atomic E-state index is -0.145. The van der Waals surface area contributed by atoms with Crippen LogP contribution in [0.4, 0.5) is 0 Å². The molecule has 3 amide bonds. The van der Waals surface area contributed by atoms with Gasteiger partial charge >= 0.3 is 0 Å². The third-order valence-corrected chi connectivity index (χ3v) is 4.01. The van der Waals surface area contributed by atoms with E-state index in [-0.39, 0.29) is 43.5 Å². The maximum absolute atomic E-state index is 12.4. The number of carbonyl (C=O) groups excluding carboxylic acids is 3. The molecule has 0 spiro atoms. The van der Waals surface area contributed by atoms with Crippen LogP contribution in [0.25, 0.3) is 0 Å². The molecule has 0 aromatic rings. The molecule has 1 heterocycles. The molecule has 126 valence electrons. The molecule has 0 aromatic heterocycles. The van der Waals surface area contributed by atoms with Gasteiger partial charge in [0, 0.05) is 38.9 Å². The standard InChI is InChI=1S/C17H30N2O3/c1-13(2)7-10-18(11-8-14(3)4)15(20)9-12-19-16(21)5-6-17(19)22/h13-14H,5-12H2,1-4H3. The highest BCUT2D eigenvalue weighted by atomic mass is 16.2. The molecule has 0 radical (unpaired) electrons. The van der Waals surface area contributed by atoms with Gasteiger partial charge in [-0.2, -0.15) is 0 Å². The number of nitrogens with zero attached hydrogens (tertiary/aromatic N) is 2. The lowest BCUT2D eigenvalue weighted by Crippen LogP contribution is -2.38. The van der Waals surface area contributed by atoms with Crippen molar-refractivity contribution < 1.29 is 14.4 Å². The first-order chi connectivity index (χ1) is 10.3. The van der Waals surface area contributed by atoms with Crippen molar-refractivity contribution in [1.29, 1.82) is 0 Å². The van der Waals surface area contributed by atoms with Crippen molar-refractivity contribution in [2.24, 2.45) is 11.8 Å². The van der Waals surface area contributed by atoms with Crippen LogP contribution in [0.15, 0.2) is 0 Å². The molecule has 1 fully saturated rings. The van der Waals surface area contributed by atoms with Gasteiger partial charge in [-0.05, 0) is 24.7 Å². The summed E-state index contributed by atoms with van der Waals surface area (Å²) in [5.41, 5.74) is 0. The largest absolute Gasteiger partial charge is 0.343 e. The normalized spacial score (nSPS) is 15.3. The van der Waals surface area contributed by atoms with Gasteiger partial charge in [0.15, 0.2) is 0 Å². The van der Waals surface area contributed by atoms with E-state index in [0.717, 1.165) is 25.9 Å². The zero-order chi connectivity index (χ0) is 16.7. The second kappa shape index (κ2) is 8.91. The number of imide groups is 1. The summed E-state index contributed by atoms with van der Waals surface area (Å²) in [7, 11) is 0. The highest BCUT2D eigenvalue weighted by Crippen LogP contribution is 2.13. The Morgan fingerprint density at radius 1 is 1.00 bits per heavy atom. The molecular formula is C17H30N2O3. The molecule has 0 aromatic carbocycles. The minimum absolute atomic E-state index is 0.0498. The first-order valence-corrected chi connectivity index (χ1v) is 8.42. The zero-order valence-corrected chi connectivity index (χ0v) is 14.4. The van der Waals surface area contributed by atoms with E-state index in [9.17, 15) is 14.4 Å². The van der Waals surface area contributed by atoms with E-state index in [4.69, 9.17) is 0 Å². The van der Waals surface area contributed by atoms with Gasteiger partial charge < -0.3 is 4.90 Å². The van der Waals surface area contributed by atoms with Crippen molar-refractivity contribution in [3.8, 4) is 0 Å². The summed E-state index contributed by atoms with van der Waals surface area (Å²) in [5.74, 6) is 0.864. The van der Waals surface area contributed by atoms with Gasteiger partial charge in [-0.3, -0.25) is 19.3 Å². The Hall–Kier alpha value is -1.39. The van der Waals surface area contributed by atoms with E-state index < -0.39 is 0 Å². The van der Waals surface area contributed by atoms with E-state index in [0.29, 0.717) is 11.8 Å². The highest BCUT2D eigenvalue weighted by molar-refractivity contribution is 6.02. The summed E-state index contributed by atoms with van der Waals surface area (Å²) in [6.45, 7) is 10.3. The Labute approximate surface area is 134 Å². The fourth-order valence-electron chi connectivity index (χ4n) is 2.43. The Morgan fingerprint density at radius 2 is 1.45 bits per heavy atom. The molecule has 0 aliphatic carbocycles. The summed E-state index contributed by atoms with van der Waals surface area (Å²) >= 11 is 0. The molecule has 5 nitrogen and oxygen atoms in total. The lowest BCUT2D eigenvalue weighted by molar-refractivity contribution is -0.139. The Bertz CT molecular complexity index is 377. The van der Waals surface area contributed by atoms with E-state index in [1.807, 2.05) is 4.90 Å². The topological polar surface area (TPSA) is 57.7 Å². The third-order valence-electron chi connectivity index (χ3n) is 4.01. The van der Waals surface area contributed by atoms with E-state index in [2.05, 4.69) is 27.7 Å². The molecule has 1 aliphatic rings. The predicted octanol–water partition coefficient (Wildman–Crippen LogP) is 2.45. The number of hydrogen-bond donors (Lipinski definition) is 0. The first kappa shape index (κ1) is 18.7. The lowest BCUT2D eigenvalue weighted by atomic mass is 10.1. The summed E-state index contributed by atoms with van der Waals surface area (Å²) in [6, 6.07) is 0. The van der Waals surface area contributed by atoms with Gasteiger partial charge in [-0.25, -0.2) is 0 Å². The SMILES string of the molecule is CC(C)CCN(CCC(C)C)C(=O)CCN1C(=O)CCC1=O. The zero-order valence-electron chi connectivity index (χ0n) is 14.4.